The quantitative estimate of drug-likeness (QED) is 0.178. The summed E-state index contributed by atoms with van der Waals surface area (Å²) in [4.78, 5) is 11.4. The van der Waals surface area contributed by atoms with Crippen molar-refractivity contribution in [3.8, 4) is 12.1 Å². The van der Waals surface area contributed by atoms with Crippen molar-refractivity contribution in [2.75, 3.05) is 36.0 Å². The molecule has 10 heteroatoms. The van der Waals surface area contributed by atoms with E-state index in [1.807, 2.05) is 54.6 Å². The average molecular weight is 547 g/mol. The van der Waals surface area contributed by atoms with E-state index in [0.717, 1.165) is 37.6 Å². The molecule has 0 aromatic heterocycles. The van der Waals surface area contributed by atoms with Gasteiger partial charge in [-0.25, -0.2) is 9.69 Å². The van der Waals surface area contributed by atoms with Gasteiger partial charge in [-0.2, -0.15) is 25.9 Å². The van der Waals surface area contributed by atoms with Gasteiger partial charge in [-0.1, -0.05) is 6.07 Å². The minimum Gasteiger partial charge on any atom is -0.368 e. The van der Waals surface area contributed by atoms with Crippen molar-refractivity contribution in [2.24, 2.45) is 20.5 Å². The Balaban J connectivity index is 1.16. The molecule has 1 aliphatic rings. The first-order chi connectivity index (χ1) is 20.6. The van der Waals surface area contributed by atoms with Crippen molar-refractivity contribution in [3.05, 3.63) is 119 Å². The van der Waals surface area contributed by atoms with E-state index < -0.39 is 0 Å². The Kier molecular flexibility index (Phi) is 8.21. The summed E-state index contributed by atoms with van der Waals surface area (Å²) in [5.74, 6) is 0. The number of hydrogen-bond donors (Lipinski definition) is 0. The van der Waals surface area contributed by atoms with Gasteiger partial charge in [0.15, 0.2) is 5.69 Å². The fourth-order valence-corrected chi connectivity index (χ4v) is 4.44. The van der Waals surface area contributed by atoms with E-state index in [4.69, 9.17) is 18.4 Å². The van der Waals surface area contributed by atoms with Crippen LogP contribution < -0.4 is 9.80 Å². The summed E-state index contributed by atoms with van der Waals surface area (Å²) in [7, 11) is 0. The summed E-state index contributed by atoms with van der Waals surface area (Å²) >= 11 is 0. The number of nitriles is 2. The molecule has 0 radical (unpaired) electrons. The number of rotatable bonds is 6. The van der Waals surface area contributed by atoms with Crippen LogP contribution in [0.4, 0.5) is 45.5 Å². The number of hydrogen-bond acceptors (Lipinski definition) is 8. The van der Waals surface area contributed by atoms with Crippen LogP contribution in [0.2, 0.25) is 0 Å². The van der Waals surface area contributed by atoms with Gasteiger partial charge in [0, 0.05) is 43.1 Å². The summed E-state index contributed by atoms with van der Waals surface area (Å²) in [6.07, 6.45) is 0. The van der Waals surface area contributed by atoms with Crippen LogP contribution in [-0.2, 0) is 0 Å². The van der Waals surface area contributed by atoms with Gasteiger partial charge in [0.25, 0.3) is 0 Å². The summed E-state index contributed by atoms with van der Waals surface area (Å²) in [6, 6.07) is 29.3. The second-order valence-electron chi connectivity index (χ2n) is 9.26. The van der Waals surface area contributed by atoms with E-state index in [9.17, 15) is 5.26 Å². The molecule has 4 aromatic rings. The minimum absolute atomic E-state index is 0.296. The van der Waals surface area contributed by atoms with E-state index >= 15 is 0 Å². The maximum Gasteiger partial charge on any atom is 0.215 e. The zero-order valence-corrected chi connectivity index (χ0v) is 22.4. The van der Waals surface area contributed by atoms with Gasteiger partial charge >= 0.3 is 0 Å². The molecule has 0 saturated carbocycles. The summed E-state index contributed by atoms with van der Waals surface area (Å²) in [5.41, 5.74) is 5.85. The Hall–Kier alpha value is -6.36. The van der Waals surface area contributed by atoms with Crippen molar-refractivity contribution in [2.45, 2.75) is 0 Å². The lowest BCUT2D eigenvalue weighted by Gasteiger charge is -2.37. The predicted molar refractivity (Wildman–Crippen MR) is 160 cm³/mol. The highest BCUT2D eigenvalue weighted by Gasteiger charge is 2.17. The number of benzene rings is 4. The molecule has 0 atom stereocenters. The minimum atomic E-state index is 0.296. The van der Waals surface area contributed by atoms with Gasteiger partial charge < -0.3 is 9.80 Å². The maximum atomic E-state index is 9.32. The number of nitrogens with zero attached hydrogens (tertiary/aromatic N) is 10. The lowest BCUT2D eigenvalue weighted by molar-refractivity contribution is 0.653. The molecule has 10 nitrogen and oxygen atoms in total. The molecule has 1 aliphatic heterocycles. The number of azo groups is 2. The van der Waals surface area contributed by atoms with Crippen LogP contribution in [0.3, 0.4) is 0 Å². The van der Waals surface area contributed by atoms with E-state index in [1.165, 1.54) is 12.1 Å². The van der Waals surface area contributed by atoms with Crippen LogP contribution in [0.5, 0.6) is 0 Å². The lowest BCUT2D eigenvalue weighted by atomic mass is 10.2. The summed E-state index contributed by atoms with van der Waals surface area (Å²) < 4.78 is 0. The predicted octanol–water partition coefficient (Wildman–Crippen LogP) is 8.69. The Morgan fingerprint density at radius 2 is 1.14 bits per heavy atom. The molecule has 0 spiro atoms. The monoisotopic (exact) mass is 546 g/mol. The molecule has 1 fully saturated rings. The third kappa shape index (κ3) is 6.26. The Morgan fingerprint density at radius 1 is 0.595 bits per heavy atom. The zero-order chi connectivity index (χ0) is 29.3. The van der Waals surface area contributed by atoms with Crippen molar-refractivity contribution < 1.29 is 0 Å². The second-order valence-corrected chi connectivity index (χ2v) is 9.26. The number of piperazine rings is 1. The lowest BCUT2D eigenvalue weighted by Crippen LogP contribution is -2.46. The largest absolute Gasteiger partial charge is 0.368 e. The van der Waals surface area contributed by atoms with Crippen molar-refractivity contribution in [3.63, 3.8) is 0 Å². The molecule has 0 bridgehead atoms. The standard InChI is InChI=1S/C32H22N10/c1-35-27-8-14-30(24(20-27)22-34)39-37-25-4-9-28(10-5-25)41-15-17-42(18-16-41)29-11-6-26(7-12-29)38-40-31-13-3-23(21-33)19-32(31)36-2/h3-14,19-20H,15-18H2. The highest BCUT2D eigenvalue weighted by Crippen LogP contribution is 2.32. The molecular weight excluding hydrogens is 524 g/mol. The summed E-state index contributed by atoms with van der Waals surface area (Å²) in [6.45, 7) is 17.8. The summed E-state index contributed by atoms with van der Waals surface area (Å²) in [5, 5.41) is 35.3. The first kappa shape index (κ1) is 27.2. The molecule has 42 heavy (non-hydrogen) atoms. The molecule has 0 amide bonds. The molecule has 1 saturated heterocycles. The molecule has 200 valence electrons. The van der Waals surface area contributed by atoms with E-state index in [1.54, 1.807) is 24.3 Å². The smallest absolute Gasteiger partial charge is 0.215 e. The Morgan fingerprint density at radius 3 is 1.64 bits per heavy atom. The SMILES string of the molecule is [C-]#[N+]c1ccc(N=Nc2ccc(N3CCN(c4ccc(N=Nc5ccc(C#N)cc5[N+]#[C-])cc4)CC3)cc2)c(C#N)c1. The molecule has 0 aliphatic carbocycles. The number of anilines is 2. The normalized spacial score (nSPS) is 13.0. The highest BCUT2D eigenvalue weighted by molar-refractivity contribution is 5.68. The van der Waals surface area contributed by atoms with Crippen LogP contribution in [-0.4, -0.2) is 26.2 Å². The molecule has 1 heterocycles. The molecule has 5 rings (SSSR count). The van der Waals surface area contributed by atoms with Gasteiger partial charge in [-0.15, -0.1) is 5.11 Å². The van der Waals surface area contributed by atoms with Crippen LogP contribution in [0.1, 0.15) is 11.1 Å². The molecule has 0 unspecified atom stereocenters. The average Bonchev–Trinajstić information content (AvgIpc) is 3.06. The molecule has 4 aromatic carbocycles. The Labute approximate surface area is 243 Å². The van der Waals surface area contributed by atoms with Gasteiger partial charge in [0.05, 0.1) is 41.8 Å². The fourth-order valence-electron chi connectivity index (χ4n) is 4.44. The van der Waals surface area contributed by atoms with Gasteiger partial charge in [0.2, 0.25) is 5.69 Å². The molecule has 0 N–H and O–H groups in total. The van der Waals surface area contributed by atoms with Crippen molar-refractivity contribution in [1.29, 1.82) is 10.5 Å². The van der Waals surface area contributed by atoms with Crippen LogP contribution in [0.15, 0.2) is 105 Å². The van der Waals surface area contributed by atoms with Crippen LogP contribution in [0.25, 0.3) is 9.69 Å². The van der Waals surface area contributed by atoms with Crippen molar-refractivity contribution in [1.82, 2.24) is 0 Å². The van der Waals surface area contributed by atoms with E-state index in [-0.39, 0.29) is 0 Å². The molecular formula is C32H22N10. The van der Waals surface area contributed by atoms with Crippen molar-refractivity contribution >= 4 is 45.5 Å². The van der Waals surface area contributed by atoms with Crippen LogP contribution >= 0.6 is 0 Å². The third-order valence-corrected chi connectivity index (χ3v) is 6.71. The van der Waals surface area contributed by atoms with E-state index in [0.29, 0.717) is 45.3 Å². The van der Waals surface area contributed by atoms with E-state index in [2.05, 4.69) is 46.0 Å². The second kappa shape index (κ2) is 12.7. The van der Waals surface area contributed by atoms with Gasteiger partial charge in [0.1, 0.15) is 11.8 Å². The highest BCUT2D eigenvalue weighted by atomic mass is 15.3. The van der Waals surface area contributed by atoms with Gasteiger partial charge in [-0.05, 0) is 78.9 Å². The fraction of sp³-hybridized carbons (Fsp3) is 0.125. The topological polar surface area (TPSA) is 112 Å². The van der Waals surface area contributed by atoms with Gasteiger partial charge in [-0.3, -0.25) is 0 Å². The first-order valence-corrected chi connectivity index (χ1v) is 13.0. The maximum absolute atomic E-state index is 9.32. The zero-order valence-electron chi connectivity index (χ0n) is 22.4. The third-order valence-electron chi connectivity index (χ3n) is 6.71. The Bertz CT molecular complexity index is 1680. The first-order valence-electron chi connectivity index (χ1n) is 13.0. The van der Waals surface area contributed by atoms with Crippen LogP contribution in [0, 0.1) is 35.8 Å².